The van der Waals surface area contributed by atoms with Crippen molar-refractivity contribution in [1.82, 2.24) is 4.98 Å². The molecule has 0 amide bonds. The Hall–Kier alpha value is -1.65. The maximum atomic E-state index is 13.3. The third kappa shape index (κ3) is 3.96. The van der Waals surface area contributed by atoms with E-state index in [0.29, 0.717) is 18.1 Å². The second kappa shape index (κ2) is 6.93. The summed E-state index contributed by atoms with van der Waals surface area (Å²) in [7, 11) is 0. The average Bonchev–Trinajstić information content (AvgIpc) is 3.21. The van der Waals surface area contributed by atoms with Crippen molar-refractivity contribution in [3.8, 4) is 0 Å². The number of alkyl halides is 4. The van der Waals surface area contributed by atoms with E-state index < -0.39 is 33.5 Å². The van der Waals surface area contributed by atoms with Gasteiger partial charge >= 0.3 is 5.51 Å². The van der Waals surface area contributed by atoms with Crippen molar-refractivity contribution in [3.63, 3.8) is 0 Å². The Labute approximate surface area is 147 Å². The standard InChI is InChI=1S/C15H12F4N2O2S2/c16-10-4-5-21(8-10)14-20-7-12(24-14)13(22)9-2-1-3-11(6-9)25(23)15(17,18)19/h1-3,6-7,10H,4-5,8H2/t10-,25?/m0/s1. The minimum absolute atomic E-state index is 0.00455. The fraction of sp³-hybridized carbons (Fsp3) is 0.333. The highest BCUT2D eigenvalue weighted by atomic mass is 32.2. The van der Waals surface area contributed by atoms with E-state index in [2.05, 4.69) is 4.98 Å². The van der Waals surface area contributed by atoms with Gasteiger partial charge in [0.15, 0.2) is 10.0 Å². The van der Waals surface area contributed by atoms with Crippen molar-refractivity contribution in [2.24, 2.45) is 0 Å². The average molecular weight is 392 g/mol. The summed E-state index contributed by atoms with van der Waals surface area (Å²) in [4.78, 5) is 18.0. The number of carbonyl (C=O) groups excluding carboxylic acids is 1. The molecule has 2 heterocycles. The lowest BCUT2D eigenvalue weighted by Crippen LogP contribution is -2.23. The molecule has 0 aliphatic carbocycles. The molecule has 0 spiro atoms. The number of anilines is 1. The molecule has 1 unspecified atom stereocenters. The molecule has 1 aliphatic rings. The number of rotatable bonds is 4. The summed E-state index contributed by atoms with van der Waals surface area (Å²) in [6.07, 6.45) is 0.784. The molecule has 1 aromatic heterocycles. The number of benzene rings is 1. The Kier molecular flexibility index (Phi) is 5.03. The van der Waals surface area contributed by atoms with E-state index in [1.54, 1.807) is 4.90 Å². The monoisotopic (exact) mass is 392 g/mol. The summed E-state index contributed by atoms with van der Waals surface area (Å²) >= 11 is -2.14. The zero-order valence-corrected chi connectivity index (χ0v) is 14.3. The van der Waals surface area contributed by atoms with Crippen LogP contribution in [0.3, 0.4) is 0 Å². The van der Waals surface area contributed by atoms with Gasteiger partial charge in [-0.25, -0.2) is 9.37 Å². The van der Waals surface area contributed by atoms with E-state index in [1.807, 2.05) is 0 Å². The third-order valence-corrected chi connectivity index (χ3v) is 5.80. The summed E-state index contributed by atoms with van der Waals surface area (Å²) in [5, 5.41) is 0.499. The van der Waals surface area contributed by atoms with Crippen LogP contribution in [0.15, 0.2) is 35.4 Å². The quantitative estimate of drug-likeness (QED) is 0.454. The number of thiazole rings is 1. The van der Waals surface area contributed by atoms with Crippen molar-refractivity contribution in [2.45, 2.75) is 23.0 Å². The van der Waals surface area contributed by atoms with E-state index >= 15 is 0 Å². The first-order valence-corrected chi connectivity index (χ1v) is 9.20. The topological polar surface area (TPSA) is 56.3 Å². The molecule has 1 saturated heterocycles. The van der Waals surface area contributed by atoms with Gasteiger partial charge in [0, 0.05) is 18.2 Å². The molecular formula is C15H12F4N2O2S2. The molecule has 1 aliphatic heterocycles. The van der Waals surface area contributed by atoms with Crippen LogP contribution in [0.4, 0.5) is 22.7 Å². The predicted molar refractivity (Wildman–Crippen MR) is 86.2 cm³/mol. The molecule has 0 bridgehead atoms. The minimum atomic E-state index is -4.89. The van der Waals surface area contributed by atoms with Gasteiger partial charge in [-0.15, -0.1) is 13.2 Å². The number of hydrogen-bond donors (Lipinski definition) is 0. The van der Waals surface area contributed by atoms with Crippen LogP contribution in [0, 0.1) is 0 Å². The van der Waals surface area contributed by atoms with Crippen LogP contribution in [-0.4, -0.2) is 40.1 Å². The van der Waals surface area contributed by atoms with E-state index in [0.717, 1.165) is 23.5 Å². The van der Waals surface area contributed by atoms with Crippen molar-refractivity contribution >= 4 is 33.4 Å². The number of nitrogens with zero attached hydrogens (tertiary/aromatic N) is 2. The molecule has 10 heteroatoms. The normalized spacial score (nSPS) is 19.2. The van der Waals surface area contributed by atoms with Gasteiger partial charge in [-0.3, -0.25) is 4.79 Å². The van der Waals surface area contributed by atoms with Gasteiger partial charge in [-0.1, -0.05) is 23.5 Å². The Morgan fingerprint density at radius 1 is 1.40 bits per heavy atom. The largest absolute Gasteiger partial charge is 0.604 e. The number of carbonyl (C=O) groups is 1. The lowest BCUT2D eigenvalue weighted by molar-refractivity contribution is -0.0435. The van der Waals surface area contributed by atoms with Crippen LogP contribution >= 0.6 is 11.3 Å². The number of halogens is 4. The van der Waals surface area contributed by atoms with Gasteiger partial charge in [0.2, 0.25) is 5.78 Å². The first-order chi connectivity index (χ1) is 11.8. The second-order valence-electron chi connectivity index (χ2n) is 5.41. The zero-order chi connectivity index (χ0) is 18.2. The highest BCUT2D eigenvalue weighted by molar-refractivity contribution is 7.92. The van der Waals surface area contributed by atoms with E-state index in [-0.39, 0.29) is 17.0 Å². The fourth-order valence-electron chi connectivity index (χ4n) is 2.44. The van der Waals surface area contributed by atoms with Crippen molar-refractivity contribution in [1.29, 1.82) is 0 Å². The molecule has 3 rings (SSSR count). The summed E-state index contributed by atoms with van der Waals surface area (Å²) < 4.78 is 62.4. The number of aromatic nitrogens is 1. The van der Waals surface area contributed by atoms with Crippen LogP contribution in [0.5, 0.6) is 0 Å². The Bertz CT molecular complexity index is 781. The zero-order valence-electron chi connectivity index (χ0n) is 12.6. The molecule has 1 aromatic carbocycles. The predicted octanol–water partition coefficient (Wildman–Crippen LogP) is 3.55. The molecular weight excluding hydrogens is 380 g/mol. The molecule has 2 atom stereocenters. The Balaban J connectivity index is 1.81. The minimum Gasteiger partial charge on any atom is -0.604 e. The van der Waals surface area contributed by atoms with Crippen molar-refractivity contribution in [2.75, 3.05) is 18.0 Å². The highest BCUT2D eigenvalue weighted by Crippen LogP contribution is 2.32. The highest BCUT2D eigenvalue weighted by Gasteiger charge is 2.46. The third-order valence-electron chi connectivity index (χ3n) is 3.64. The summed E-state index contributed by atoms with van der Waals surface area (Å²) in [6.45, 7) is 0.712. The van der Waals surface area contributed by atoms with Crippen LogP contribution in [-0.2, 0) is 11.2 Å². The maximum absolute atomic E-state index is 13.3. The van der Waals surface area contributed by atoms with Gasteiger partial charge in [0.05, 0.1) is 28.8 Å². The number of hydrogen-bond acceptors (Lipinski definition) is 5. The van der Waals surface area contributed by atoms with E-state index in [4.69, 9.17) is 0 Å². The molecule has 4 nitrogen and oxygen atoms in total. The first kappa shape index (κ1) is 18.2. The van der Waals surface area contributed by atoms with Gasteiger partial charge in [-0.2, -0.15) is 0 Å². The molecule has 2 aromatic rings. The molecule has 1 fully saturated rings. The number of ketones is 1. The van der Waals surface area contributed by atoms with Gasteiger partial charge in [-0.05, 0) is 12.5 Å². The maximum Gasteiger partial charge on any atom is 0.578 e. The van der Waals surface area contributed by atoms with Crippen LogP contribution in [0.2, 0.25) is 0 Å². The smallest absolute Gasteiger partial charge is 0.578 e. The van der Waals surface area contributed by atoms with Crippen LogP contribution in [0.1, 0.15) is 21.7 Å². The van der Waals surface area contributed by atoms with Crippen molar-refractivity contribution in [3.05, 3.63) is 40.9 Å². The van der Waals surface area contributed by atoms with Gasteiger partial charge < -0.3 is 9.45 Å². The lowest BCUT2D eigenvalue weighted by Gasteiger charge is -2.12. The van der Waals surface area contributed by atoms with Crippen LogP contribution < -0.4 is 4.90 Å². The summed E-state index contributed by atoms with van der Waals surface area (Å²) in [6, 6.07) is 4.64. The Morgan fingerprint density at radius 2 is 2.16 bits per heavy atom. The SMILES string of the molecule is O=C(c1cccc([S+]([O-])C(F)(F)F)c1)c1cnc(N2CC[C@H](F)C2)s1. The molecule has 134 valence electrons. The van der Waals surface area contributed by atoms with Gasteiger partial charge in [0.1, 0.15) is 6.17 Å². The van der Waals surface area contributed by atoms with Crippen molar-refractivity contribution < 1.29 is 26.9 Å². The molecule has 25 heavy (non-hydrogen) atoms. The molecule has 0 N–H and O–H groups in total. The second-order valence-corrected chi connectivity index (χ2v) is 7.89. The van der Waals surface area contributed by atoms with E-state index in [1.165, 1.54) is 18.3 Å². The fourth-order valence-corrected chi connectivity index (χ4v) is 4.05. The summed E-state index contributed by atoms with van der Waals surface area (Å²) in [5.74, 6) is -0.513. The Morgan fingerprint density at radius 3 is 2.80 bits per heavy atom. The lowest BCUT2D eigenvalue weighted by atomic mass is 10.1. The molecule has 0 saturated carbocycles. The molecule has 0 radical (unpaired) electrons. The first-order valence-electron chi connectivity index (χ1n) is 7.24. The van der Waals surface area contributed by atoms with Crippen LogP contribution in [0.25, 0.3) is 0 Å². The van der Waals surface area contributed by atoms with Gasteiger partial charge in [0.25, 0.3) is 0 Å². The van der Waals surface area contributed by atoms with E-state index in [9.17, 15) is 26.9 Å². The summed E-state index contributed by atoms with van der Waals surface area (Å²) in [5.41, 5.74) is -4.90.